The van der Waals surface area contributed by atoms with Crippen molar-refractivity contribution >= 4 is 17.6 Å². The lowest BCUT2D eigenvalue weighted by molar-refractivity contribution is -0.136. The molecule has 5 heteroatoms. The topological polar surface area (TPSA) is 78.4 Å². The van der Waals surface area contributed by atoms with E-state index in [4.69, 9.17) is 5.11 Å². The number of carboxylic acids is 1. The molecule has 0 saturated heterocycles. The third-order valence-electron chi connectivity index (χ3n) is 5.32. The Kier molecular flexibility index (Phi) is 7.06. The standard InChI is InChI=1S/C23H28N2O3/c26-22(27)14-15-24-23(28)20-10-12-21(13-11-20)25-16-17-6-8-19(9-7-17)18-4-2-1-3-5-18/h6-13,18,25H,1-5,14-16H2,(H,24,28)(H,26,27). The third kappa shape index (κ3) is 5.84. The van der Waals surface area contributed by atoms with Crippen molar-refractivity contribution in [1.29, 1.82) is 0 Å². The highest BCUT2D eigenvalue weighted by molar-refractivity contribution is 5.94. The average Bonchev–Trinajstić information content (AvgIpc) is 2.73. The van der Waals surface area contributed by atoms with Crippen LogP contribution in [-0.4, -0.2) is 23.5 Å². The molecule has 0 bridgehead atoms. The van der Waals surface area contributed by atoms with Gasteiger partial charge in [-0.3, -0.25) is 9.59 Å². The Morgan fingerprint density at radius 3 is 2.25 bits per heavy atom. The molecule has 5 nitrogen and oxygen atoms in total. The fourth-order valence-electron chi connectivity index (χ4n) is 3.67. The first-order valence-corrected chi connectivity index (χ1v) is 10.0. The zero-order valence-electron chi connectivity index (χ0n) is 16.1. The SMILES string of the molecule is O=C(O)CCNC(=O)c1ccc(NCc2ccc(C3CCCCC3)cc2)cc1. The summed E-state index contributed by atoms with van der Waals surface area (Å²) < 4.78 is 0. The lowest BCUT2D eigenvalue weighted by Gasteiger charge is -2.22. The van der Waals surface area contributed by atoms with Crippen LogP contribution in [0.15, 0.2) is 48.5 Å². The monoisotopic (exact) mass is 380 g/mol. The Bertz CT molecular complexity index is 778. The van der Waals surface area contributed by atoms with E-state index in [9.17, 15) is 9.59 Å². The van der Waals surface area contributed by atoms with Crippen molar-refractivity contribution in [2.45, 2.75) is 51.0 Å². The molecular weight excluding hydrogens is 352 g/mol. The van der Waals surface area contributed by atoms with Crippen molar-refractivity contribution < 1.29 is 14.7 Å². The second kappa shape index (κ2) is 9.93. The fraction of sp³-hybridized carbons (Fsp3) is 0.391. The minimum atomic E-state index is -0.924. The quantitative estimate of drug-likeness (QED) is 0.628. The highest BCUT2D eigenvalue weighted by Gasteiger charge is 2.15. The molecule has 0 radical (unpaired) electrons. The van der Waals surface area contributed by atoms with Gasteiger partial charge in [0.2, 0.25) is 0 Å². The van der Waals surface area contributed by atoms with E-state index in [-0.39, 0.29) is 18.9 Å². The summed E-state index contributed by atoms with van der Waals surface area (Å²) in [6.07, 6.45) is 6.62. The van der Waals surface area contributed by atoms with Crippen molar-refractivity contribution in [3.63, 3.8) is 0 Å². The van der Waals surface area contributed by atoms with Crippen LogP contribution in [0.5, 0.6) is 0 Å². The maximum Gasteiger partial charge on any atom is 0.305 e. The average molecular weight is 380 g/mol. The van der Waals surface area contributed by atoms with Gasteiger partial charge in [0.1, 0.15) is 0 Å². The molecule has 28 heavy (non-hydrogen) atoms. The predicted octanol–water partition coefficient (Wildman–Crippen LogP) is 4.55. The van der Waals surface area contributed by atoms with E-state index in [1.807, 2.05) is 12.1 Å². The van der Waals surface area contributed by atoms with Gasteiger partial charge >= 0.3 is 5.97 Å². The number of carbonyl (C=O) groups is 2. The summed E-state index contributed by atoms with van der Waals surface area (Å²) in [7, 11) is 0. The van der Waals surface area contributed by atoms with Crippen LogP contribution in [0, 0.1) is 0 Å². The van der Waals surface area contributed by atoms with Crippen LogP contribution in [0.3, 0.4) is 0 Å². The van der Waals surface area contributed by atoms with Crippen LogP contribution in [0.1, 0.15) is 65.9 Å². The number of aliphatic carboxylic acids is 1. The molecule has 0 atom stereocenters. The minimum Gasteiger partial charge on any atom is -0.481 e. The highest BCUT2D eigenvalue weighted by atomic mass is 16.4. The number of hydrogen-bond donors (Lipinski definition) is 3. The Morgan fingerprint density at radius 1 is 0.929 bits per heavy atom. The Balaban J connectivity index is 1.47. The molecule has 0 spiro atoms. The number of hydrogen-bond acceptors (Lipinski definition) is 3. The zero-order valence-corrected chi connectivity index (χ0v) is 16.1. The fourth-order valence-corrected chi connectivity index (χ4v) is 3.67. The molecule has 0 aromatic heterocycles. The van der Waals surface area contributed by atoms with E-state index < -0.39 is 5.97 Å². The van der Waals surface area contributed by atoms with Gasteiger partial charge in [0.25, 0.3) is 5.91 Å². The van der Waals surface area contributed by atoms with Gasteiger partial charge in [-0.15, -0.1) is 0 Å². The number of benzene rings is 2. The van der Waals surface area contributed by atoms with Gasteiger partial charge in [-0.1, -0.05) is 43.5 Å². The van der Waals surface area contributed by atoms with Crippen LogP contribution in [-0.2, 0) is 11.3 Å². The molecular formula is C23H28N2O3. The van der Waals surface area contributed by atoms with Crippen molar-refractivity contribution in [1.82, 2.24) is 5.32 Å². The van der Waals surface area contributed by atoms with Crippen molar-refractivity contribution in [3.8, 4) is 0 Å². The zero-order chi connectivity index (χ0) is 19.8. The maximum atomic E-state index is 12.0. The Hall–Kier alpha value is -2.82. The van der Waals surface area contributed by atoms with Crippen molar-refractivity contribution in [2.75, 3.05) is 11.9 Å². The molecule has 1 fully saturated rings. The number of carbonyl (C=O) groups excluding carboxylic acids is 1. The van der Waals surface area contributed by atoms with Gasteiger partial charge < -0.3 is 15.7 Å². The van der Waals surface area contributed by atoms with E-state index in [0.717, 1.165) is 18.2 Å². The molecule has 0 unspecified atom stereocenters. The first kappa shape index (κ1) is 19.9. The molecule has 2 aromatic rings. The molecule has 1 saturated carbocycles. The molecule has 1 aliphatic rings. The Morgan fingerprint density at radius 2 is 1.61 bits per heavy atom. The molecule has 2 aromatic carbocycles. The van der Waals surface area contributed by atoms with Gasteiger partial charge in [0, 0.05) is 24.3 Å². The molecule has 3 rings (SSSR count). The van der Waals surface area contributed by atoms with Crippen LogP contribution >= 0.6 is 0 Å². The van der Waals surface area contributed by atoms with Crippen LogP contribution in [0.25, 0.3) is 0 Å². The predicted molar refractivity (Wildman–Crippen MR) is 111 cm³/mol. The number of rotatable bonds is 8. The maximum absolute atomic E-state index is 12.0. The van der Waals surface area contributed by atoms with Crippen molar-refractivity contribution in [2.24, 2.45) is 0 Å². The summed E-state index contributed by atoms with van der Waals surface area (Å²) >= 11 is 0. The lowest BCUT2D eigenvalue weighted by Crippen LogP contribution is -2.25. The van der Waals surface area contributed by atoms with Crippen LogP contribution in [0.2, 0.25) is 0 Å². The summed E-state index contributed by atoms with van der Waals surface area (Å²) in [6, 6.07) is 16.1. The summed E-state index contributed by atoms with van der Waals surface area (Å²) in [6.45, 7) is 0.861. The highest BCUT2D eigenvalue weighted by Crippen LogP contribution is 2.32. The molecule has 3 N–H and O–H groups in total. The number of carboxylic acid groups (broad SMARTS) is 1. The van der Waals surface area contributed by atoms with E-state index in [0.29, 0.717) is 5.56 Å². The minimum absolute atomic E-state index is 0.0785. The molecule has 0 heterocycles. The van der Waals surface area contributed by atoms with E-state index in [1.165, 1.54) is 43.2 Å². The van der Waals surface area contributed by atoms with Gasteiger partial charge in [-0.25, -0.2) is 0 Å². The van der Waals surface area contributed by atoms with Gasteiger partial charge in [0.05, 0.1) is 6.42 Å². The second-order valence-corrected chi connectivity index (χ2v) is 7.41. The molecule has 0 aliphatic heterocycles. The first-order valence-electron chi connectivity index (χ1n) is 10.0. The van der Waals surface area contributed by atoms with E-state index in [1.54, 1.807) is 12.1 Å². The molecule has 1 aliphatic carbocycles. The smallest absolute Gasteiger partial charge is 0.305 e. The summed E-state index contributed by atoms with van der Waals surface area (Å²) in [4.78, 5) is 22.4. The number of nitrogens with one attached hydrogen (secondary N) is 2. The van der Waals surface area contributed by atoms with Crippen LogP contribution in [0.4, 0.5) is 5.69 Å². The second-order valence-electron chi connectivity index (χ2n) is 7.41. The summed E-state index contributed by atoms with van der Waals surface area (Å²) in [5.41, 5.74) is 4.16. The van der Waals surface area contributed by atoms with E-state index >= 15 is 0 Å². The molecule has 148 valence electrons. The first-order chi connectivity index (χ1) is 13.6. The largest absolute Gasteiger partial charge is 0.481 e. The summed E-state index contributed by atoms with van der Waals surface area (Å²) in [5.74, 6) is -0.456. The van der Waals surface area contributed by atoms with Gasteiger partial charge in [-0.2, -0.15) is 0 Å². The van der Waals surface area contributed by atoms with Crippen molar-refractivity contribution in [3.05, 3.63) is 65.2 Å². The Labute approximate surface area is 166 Å². The number of amides is 1. The lowest BCUT2D eigenvalue weighted by atomic mass is 9.84. The van der Waals surface area contributed by atoms with Crippen LogP contribution < -0.4 is 10.6 Å². The van der Waals surface area contributed by atoms with Gasteiger partial charge in [0.15, 0.2) is 0 Å². The van der Waals surface area contributed by atoms with Gasteiger partial charge in [-0.05, 0) is 54.2 Å². The molecule has 1 amide bonds. The summed E-state index contributed by atoms with van der Waals surface area (Å²) in [5, 5.41) is 14.6. The third-order valence-corrected chi connectivity index (χ3v) is 5.32. The number of anilines is 1. The van der Waals surface area contributed by atoms with E-state index in [2.05, 4.69) is 34.9 Å². The normalized spacial score (nSPS) is 14.4.